The van der Waals surface area contributed by atoms with Gasteiger partial charge in [0.2, 0.25) is 0 Å². The first-order valence-corrected chi connectivity index (χ1v) is 6.75. The fraction of sp³-hybridized carbons (Fsp3) is 0.429. The molecule has 0 spiro atoms. The summed E-state index contributed by atoms with van der Waals surface area (Å²) in [5.74, 6) is 0.642. The van der Waals surface area contributed by atoms with Crippen LogP contribution in [0.15, 0.2) is 21.4 Å². The summed E-state index contributed by atoms with van der Waals surface area (Å²) in [4.78, 5) is 19.0. The number of aromatic nitrogens is 2. The molecule has 0 aliphatic rings. The lowest BCUT2D eigenvalue weighted by atomic mass is 9.88. The van der Waals surface area contributed by atoms with Gasteiger partial charge in [-0.15, -0.1) is 0 Å². The molecule has 0 unspecified atom stereocenters. The number of H-pyrrole nitrogens is 1. The van der Waals surface area contributed by atoms with Gasteiger partial charge in [-0.3, -0.25) is 4.79 Å². The minimum atomic E-state index is -0.0693. The Bertz CT molecular complexity index is 653. The van der Waals surface area contributed by atoms with E-state index >= 15 is 0 Å². The molecule has 0 saturated carbocycles. The number of fused-ring (bicyclic) bond motifs is 1. The summed E-state index contributed by atoms with van der Waals surface area (Å²) in [5, 5.41) is 0.656. The maximum atomic E-state index is 11.9. The highest BCUT2D eigenvalue weighted by atomic mass is 79.9. The third-order valence-electron chi connectivity index (χ3n) is 2.71. The Morgan fingerprint density at radius 3 is 2.61 bits per heavy atom. The molecule has 0 fully saturated rings. The number of aromatic amines is 1. The zero-order valence-electron chi connectivity index (χ0n) is 11.1. The maximum Gasteiger partial charge on any atom is 0.258 e. The van der Waals surface area contributed by atoms with Crippen molar-refractivity contribution in [3.63, 3.8) is 0 Å². The Kier molecular flexibility index (Phi) is 3.32. The number of nitrogens with one attached hydrogen (secondary N) is 1. The number of nitrogens with zero attached hydrogens (tertiary/aromatic N) is 1. The van der Waals surface area contributed by atoms with Crippen molar-refractivity contribution < 1.29 is 0 Å². The summed E-state index contributed by atoms with van der Waals surface area (Å²) in [6, 6.07) is 3.87. The van der Waals surface area contributed by atoms with E-state index < -0.39 is 0 Å². The van der Waals surface area contributed by atoms with Gasteiger partial charge in [-0.25, -0.2) is 4.98 Å². The SMILES string of the molecule is Cc1nc2cc(Br)c(CC(C)(C)C)cc2c(=O)[nH]1. The van der Waals surface area contributed by atoms with E-state index in [0.29, 0.717) is 11.2 Å². The Balaban J connectivity index is 2.65. The highest BCUT2D eigenvalue weighted by Crippen LogP contribution is 2.28. The van der Waals surface area contributed by atoms with Crippen molar-refractivity contribution in [2.45, 2.75) is 34.1 Å². The molecule has 1 heterocycles. The predicted molar refractivity (Wildman–Crippen MR) is 78.0 cm³/mol. The van der Waals surface area contributed by atoms with Crippen LogP contribution in [0.25, 0.3) is 10.9 Å². The van der Waals surface area contributed by atoms with Crippen LogP contribution in [0, 0.1) is 12.3 Å². The average Bonchev–Trinajstić information content (AvgIpc) is 2.18. The van der Waals surface area contributed by atoms with Crippen LogP contribution in [0.3, 0.4) is 0 Å². The summed E-state index contributed by atoms with van der Waals surface area (Å²) in [7, 11) is 0. The van der Waals surface area contributed by atoms with E-state index in [1.165, 1.54) is 0 Å². The molecule has 0 radical (unpaired) electrons. The van der Waals surface area contributed by atoms with Crippen LogP contribution in [-0.4, -0.2) is 9.97 Å². The smallest absolute Gasteiger partial charge is 0.258 e. The second-order valence-corrected chi connectivity index (χ2v) is 6.70. The highest BCUT2D eigenvalue weighted by molar-refractivity contribution is 9.10. The van der Waals surface area contributed by atoms with Crippen molar-refractivity contribution in [1.82, 2.24) is 9.97 Å². The van der Waals surface area contributed by atoms with E-state index in [9.17, 15) is 4.79 Å². The quantitative estimate of drug-likeness (QED) is 0.875. The molecule has 0 atom stereocenters. The van der Waals surface area contributed by atoms with Gasteiger partial charge in [-0.2, -0.15) is 0 Å². The number of hydrogen-bond donors (Lipinski definition) is 1. The summed E-state index contributed by atoms with van der Waals surface area (Å²) in [6.07, 6.45) is 0.914. The summed E-state index contributed by atoms with van der Waals surface area (Å²) in [5.41, 5.74) is 1.99. The second-order valence-electron chi connectivity index (χ2n) is 5.85. The van der Waals surface area contributed by atoms with Crippen molar-refractivity contribution in [2.24, 2.45) is 5.41 Å². The standard InChI is InChI=1S/C14H17BrN2O/c1-8-16-12-6-11(15)9(7-14(2,3)4)5-10(12)13(18)17-8/h5-6H,7H2,1-4H3,(H,16,17,18). The lowest BCUT2D eigenvalue weighted by Crippen LogP contribution is -2.13. The Morgan fingerprint density at radius 1 is 1.33 bits per heavy atom. The fourth-order valence-electron chi connectivity index (χ4n) is 2.03. The molecule has 1 N–H and O–H groups in total. The van der Waals surface area contributed by atoms with Gasteiger partial charge in [0.1, 0.15) is 5.82 Å². The van der Waals surface area contributed by atoms with E-state index in [4.69, 9.17) is 0 Å². The molecule has 1 aromatic carbocycles. The minimum Gasteiger partial charge on any atom is -0.310 e. The first kappa shape index (κ1) is 13.3. The molecule has 18 heavy (non-hydrogen) atoms. The van der Waals surface area contributed by atoms with Gasteiger partial charge in [0.05, 0.1) is 10.9 Å². The molecule has 96 valence electrons. The monoisotopic (exact) mass is 308 g/mol. The Hall–Kier alpha value is -1.16. The van der Waals surface area contributed by atoms with E-state index in [1.54, 1.807) is 6.92 Å². The number of aryl methyl sites for hydroxylation is 1. The van der Waals surface area contributed by atoms with Crippen LogP contribution >= 0.6 is 15.9 Å². The molecule has 4 heteroatoms. The zero-order chi connectivity index (χ0) is 13.5. The first-order valence-electron chi connectivity index (χ1n) is 5.95. The van der Waals surface area contributed by atoms with E-state index in [2.05, 4.69) is 46.7 Å². The van der Waals surface area contributed by atoms with Crippen molar-refractivity contribution >= 4 is 26.8 Å². The van der Waals surface area contributed by atoms with Crippen LogP contribution in [0.4, 0.5) is 0 Å². The van der Waals surface area contributed by atoms with Gasteiger partial charge in [0.15, 0.2) is 0 Å². The lowest BCUT2D eigenvalue weighted by Gasteiger charge is -2.19. The Morgan fingerprint density at radius 2 is 2.00 bits per heavy atom. The molecule has 0 amide bonds. The first-order chi connectivity index (χ1) is 8.26. The second kappa shape index (κ2) is 4.50. The molecule has 3 nitrogen and oxygen atoms in total. The maximum absolute atomic E-state index is 11.9. The van der Waals surface area contributed by atoms with Crippen LogP contribution < -0.4 is 5.56 Å². The molecule has 2 aromatic rings. The minimum absolute atomic E-state index is 0.0693. The average molecular weight is 309 g/mol. The third kappa shape index (κ3) is 2.80. The topological polar surface area (TPSA) is 45.8 Å². The van der Waals surface area contributed by atoms with Gasteiger partial charge >= 0.3 is 0 Å². The van der Waals surface area contributed by atoms with Gasteiger partial charge < -0.3 is 4.98 Å². The van der Waals surface area contributed by atoms with Crippen molar-refractivity contribution in [3.8, 4) is 0 Å². The molecule has 1 aromatic heterocycles. The number of hydrogen-bond acceptors (Lipinski definition) is 2. The molecular formula is C14H17BrN2O. The zero-order valence-corrected chi connectivity index (χ0v) is 12.7. The predicted octanol–water partition coefficient (Wildman–Crippen LogP) is 3.58. The summed E-state index contributed by atoms with van der Waals surface area (Å²) in [6.45, 7) is 8.33. The summed E-state index contributed by atoms with van der Waals surface area (Å²) >= 11 is 3.57. The highest BCUT2D eigenvalue weighted by Gasteiger charge is 2.15. The van der Waals surface area contributed by atoms with Crippen molar-refractivity contribution in [3.05, 3.63) is 38.3 Å². The number of benzene rings is 1. The molecule has 2 rings (SSSR count). The molecule has 0 aliphatic heterocycles. The normalized spacial score (nSPS) is 12.1. The fourth-order valence-corrected chi connectivity index (χ4v) is 2.50. The molecule has 0 saturated heterocycles. The summed E-state index contributed by atoms with van der Waals surface area (Å²) < 4.78 is 1.02. The van der Waals surface area contributed by atoms with Gasteiger partial charge in [0, 0.05) is 4.47 Å². The molecule has 0 aliphatic carbocycles. The van der Waals surface area contributed by atoms with Crippen LogP contribution in [0.1, 0.15) is 32.2 Å². The van der Waals surface area contributed by atoms with Crippen molar-refractivity contribution in [2.75, 3.05) is 0 Å². The van der Waals surface area contributed by atoms with E-state index in [-0.39, 0.29) is 11.0 Å². The number of rotatable bonds is 1. The van der Waals surface area contributed by atoms with E-state index in [0.717, 1.165) is 22.0 Å². The lowest BCUT2D eigenvalue weighted by molar-refractivity contribution is 0.410. The van der Waals surface area contributed by atoms with Crippen LogP contribution in [0.2, 0.25) is 0 Å². The van der Waals surface area contributed by atoms with E-state index in [1.807, 2.05) is 12.1 Å². The Labute approximate surface area is 115 Å². The third-order valence-corrected chi connectivity index (χ3v) is 3.45. The largest absolute Gasteiger partial charge is 0.310 e. The number of halogens is 1. The van der Waals surface area contributed by atoms with Crippen molar-refractivity contribution in [1.29, 1.82) is 0 Å². The van der Waals surface area contributed by atoms with Gasteiger partial charge in [-0.1, -0.05) is 36.7 Å². The van der Waals surface area contributed by atoms with Gasteiger partial charge in [0.25, 0.3) is 5.56 Å². The molecule has 0 bridgehead atoms. The van der Waals surface area contributed by atoms with Gasteiger partial charge in [-0.05, 0) is 36.5 Å². The van der Waals surface area contributed by atoms with Crippen LogP contribution in [-0.2, 0) is 6.42 Å². The molecular weight excluding hydrogens is 292 g/mol. The van der Waals surface area contributed by atoms with Crippen LogP contribution in [0.5, 0.6) is 0 Å².